The quantitative estimate of drug-likeness (QED) is 0.134. The third-order valence-corrected chi connectivity index (χ3v) is 4.91. The molecule has 1 unspecified atom stereocenters. The number of nitrogens with zero attached hydrogens (tertiary/aromatic N) is 2. The Labute approximate surface area is 212 Å². The molecule has 0 spiro atoms. The number of hydrogen-bond acceptors (Lipinski definition) is 9. The zero-order valence-corrected chi connectivity index (χ0v) is 20.4. The Bertz CT molecular complexity index is 1290. The molecule has 192 valence electrons. The highest BCUT2D eigenvalue weighted by atomic mass is 16.6. The molecule has 0 aromatic heterocycles. The second-order valence-corrected chi connectivity index (χ2v) is 7.48. The molecule has 0 fully saturated rings. The van der Waals surface area contributed by atoms with Crippen LogP contribution in [-0.2, 0) is 4.79 Å². The number of hydrogen-bond donors (Lipinski definition) is 1. The van der Waals surface area contributed by atoms with Crippen LogP contribution >= 0.6 is 0 Å². The third-order valence-electron chi connectivity index (χ3n) is 4.91. The highest BCUT2D eigenvalue weighted by molar-refractivity contribution is 5.92. The summed E-state index contributed by atoms with van der Waals surface area (Å²) in [6.07, 6.45) is 0.313. The molecule has 3 rings (SSSR count). The summed E-state index contributed by atoms with van der Waals surface area (Å²) in [6, 6.07) is 17.0. The molecule has 0 aliphatic carbocycles. The Morgan fingerprint density at radius 3 is 2.46 bits per heavy atom. The average Bonchev–Trinajstić information content (AvgIpc) is 2.90. The predicted octanol–water partition coefficient (Wildman–Crippen LogP) is 4.14. The third kappa shape index (κ3) is 7.28. The van der Waals surface area contributed by atoms with Crippen molar-refractivity contribution in [2.45, 2.75) is 20.0 Å². The number of nitro groups is 1. The number of nitro benzene ring substituents is 1. The molecule has 0 radical (unpaired) electrons. The topological polar surface area (TPSA) is 139 Å². The Morgan fingerprint density at radius 2 is 1.78 bits per heavy atom. The summed E-state index contributed by atoms with van der Waals surface area (Å²) in [5.74, 6) is -0.0735. The summed E-state index contributed by atoms with van der Waals surface area (Å²) in [7, 11) is 1.42. The molecule has 1 atom stereocenters. The van der Waals surface area contributed by atoms with Crippen LogP contribution in [0.15, 0.2) is 71.8 Å². The summed E-state index contributed by atoms with van der Waals surface area (Å²) < 4.78 is 21.5. The van der Waals surface area contributed by atoms with Crippen molar-refractivity contribution in [3.63, 3.8) is 0 Å². The zero-order chi connectivity index (χ0) is 26.8. The van der Waals surface area contributed by atoms with Crippen molar-refractivity contribution in [3.8, 4) is 23.0 Å². The number of hydrazone groups is 1. The van der Waals surface area contributed by atoms with Gasteiger partial charge in [-0.1, -0.05) is 12.1 Å². The van der Waals surface area contributed by atoms with Crippen molar-refractivity contribution < 1.29 is 33.5 Å². The van der Waals surface area contributed by atoms with Crippen molar-refractivity contribution in [3.05, 3.63) is 88.0 Å². The number of nitrogens with one attached hydrogen (secondary N) is 1. The normalized spacial score (nSPS) is 11.4. The minimum atomic E-state index is -1.04. The maximum atomic E-state index is 12.5. The number of carbonyl (C=O) groups is 2. The van der Waals surface area contributed by atoms with E-state index < -0.39 is 22.9 Å². The Morgan fingerprint density at radius 1 is 1.05 bits per heavy atom. The highest BCUT2D eigenvalue weighted by Gasteiger charge is 2.20. The number of esters is 1. The average molecular weight is 507 g/mol. The van der Waals surface area contributed by atoms with Crippen LogP contribution in [-0.4, -0.2) is 42.8 Å². The largest absolute Gasteiger partial charge is 0.494 e. The number of methoxy groups -OCH3 is 1. The van der Waals surface area contributed by atoms with Crippen LogP contribution in [0.3, 0.4) is 0 Å². The van der Waals surface area contributed by atoms with Crippen molar-refractivity contribution >= 4 is 23.8 Å². The summed E-state index contributed by atoms with van der Waals surface area (Å²) in [4.78, 5) is 35.3. The van der Waals surface area contributed by atoms with Crippen LogP contribution in [0.2, 0.25) is 0 Å². The van der Waals surface area contributed by atoms with Crippen LogP contribution in [0.5, 0.6) is 23.0 Å². The van der Waals surface area contributed by atoms with Gasteiger partial charge in [-0.15, -0.1) is 0 Å². The van der Waals surface area contributed by atoms with E-state index in [0.717, 1.165) is 0 Å². The second-order valence-electron chi connectivity index (χ2n) is 7.48. The first-order valence-electron chi connectivity index (χ1n) is 11.2. The van der Waals surface area contributed by atoms with Crippen LogP contribution < -0.4 is 24.4 Å². The fraction of sp³-hybridized carbons (Fsp3) is 0.192. The molecule has 0 saturated heterocycles. The van der Waals surface area contributed by atoms with Gasteiger partial charge in [-0.2, -0.15) is 5.10 Å². The standard InChI is InChI=1S/C26H25N3O8/c1-4-35-20-12-10-19(11-13-20)26(31)37-23-14-9-18(15-24(23)34-3)16-27-28-25(30)17(2)36-22-8-6-5-7-21(22)29(32)33/h5-17H,4H2,1-3H3,(H,28,30). The lowest BCUT2D eigenvalue weighted by Crippen LogP contribution is -2.33. The fourth-order valence-electron chi connectivity index (χ4n) is 3.07. The summed E-state index contributed by atoms with van der Waals surface area (Å²) in [5, 5.41) is 15.0. The smallest absolute Gasteiger partial charge is 0.343 e. The predicted molar refractivity (Wildman–Crippen MR) is 134 cm³/mol. The highest BCUT2D eigenvalue weighted by Crippen LogP contribution is 2.29. The lowest BCUT2D eigenvalue weighted by atomic mass is 10.2. The van der Waals surface area contributed by atoms with Gasteiger partial charge in [0.15, 0.2) is 23.4 Å². The van der Waals surface area contributed by atoms with E-state index >= 15 is 0 Å². The molecular weight excluding hydrogens is 482 g/mol. The molecule has 0 aliphatic rings. The molecule has 0 saturated carbocycles. The van der Waals surface area contributed by atoms with E-state index in [1.54, 1.807) is 42.5 Å². The van der Waals surface area contributed by atoms with Gasteiger partial charge in [0, 0.05) is 6.07 Å². The van der Waals surface area contributed by atoms with Crippen LogP contribution in [0, 0.1) is 10.1 Å². The second kappa shape index (κ2) is 12.7. The Kier molecular flexibility index (Phi) is 9.14. The minimum absolute atomic E-state index is 0.0285. The van der Waals surface area contributed by atoms with Gasteiger partial charge in [0.2, 0.25) is 0 Å². The number of benzene rings is 3. The van der Waals surface area contributed by atoms with Gasteiger partial charge in [0.05, 0.1) is 30.4 Å². The van der Waals surface area contributed by atoms with E-state index in [0.29, 0.717) is 23.5 Å². The number of rotatable bonds is 11. The molecule has 11 heteroatoms. The van der Waals surface area contributed by atoms with Crippen LogP contribution in [0.25, 0.3) is 0 Å². The van der Waals surface area contributed by atoms with E-state index in [9.17, 15) is 19.7 Å². The van der Waals surface area contributed by atoms with Crippen LogP contribution in [0.1, 0.15) is 29.8 Å². The molecule has 1 N–H and O–H groups in total. The van der Waals surface area contributed by atoms with E-state index in [-0.39, 0.29) is 22.9 Å². The molecule has 1 amide bonds. The monoisotopic (exact) mass is 507 g/mol. The summed E-state index contributed by atoms with van der Waals surface area (Å²) >= 11 is 0. The first-order valence-corrected chi connectivity index (χ1v) is 11.2. The molecule has 0 aliphatic heterocycles. The maximum absolute atomic E-state index is 12.5. The summed E-state index contributed by atoms with van der Waals surface area (Å²) in [5.41, 5.74) is 2.96. The number of carbonyl (C=O) groups excluding carboxylic acids is 2. The van der Waals surface area contributed by atoms with Gasteiger partial charge < -0.3 is 18.9 Å². The molecule has 11 nitrogen and oxygen atoms in total. The lowest BCUT2D eigenvalue weighted by Gasteiger charge is -2.13. The van der Waals surface area contributed by atoms with Gasteiger partial charge in [0.1, 0.15) is 5.75 Å². The van der Waals surface area contributed by atoms with E-state index in [4.69, 9.17) is 18.9 Å². The van der Waals surface area contributed by atoms with Crippen molar-refractivity contribution in [2.24, 2.45) is 5.10 Å². The first-order chi connectivity index (χ1) is 17.8. The molecule has 37 heavy (non-hydrogen) atoms. The van der Waals surface area contributed by atoms with Gasteiger partial charge in [0.25, 0.3) is 5.91 Å². The fourth-order valence-corrected chi connectivity index (χ4v) is 3.07. The SMILES string of the molecule is CCOc1ccc(C(=O)Oc2ccc(C=NNC(=O)C(C)Oc3ccccc3[N+](=O)[O-])cc2OC)cc1. The molecule has 3 aromatic carbocycles. The molecule has 0 bridgehead atoms. The summed E-state index contributed by atoms with van der Waals surface area (Å²) in [6.45, 7) is 3.83. The zero-order valence-electron chi connectivity index (χ0n) is 20.4. The van der Waals surface area contributed by atoms with Crippen molar-refractivity contribution in [1.29, 1.82) is 0 Å². The lowest BCUT2D eigenvalue weighted by molar-refractivity contribution is -0.386. The van der Waals surface area contributed by atoms with Crippen molar-refractivity contribution in [2.75, 3.05) is 13.7 Å². The van der Waals surface area contributed by atoms with Gasteiger partial charge >= 0.3 is 11.7 Å². The number of para-hydroxylation sites is 2. The van der Waals surface area contributed by atoms with Gasteiger partial charge in [-0.3, -0.25) is 14.9 Å². The molecule has 3 aromatic rings. The Balaban J connectivity index is 1.60. The van der Waals surface area contributed by atoms with E-state index in [1.165, 1.54) is 44.5 Å². The number of ether oxygens (including phenoxy) is 4. The van der Waals surface area contributed by atoms with Crippen molar-refractivity contribution in [1.82, 2.24) is 5.43 Å². The van der Waals surface area contributed by atoms with Gasteiger partial charge in [-0.05, 0) is 67.9 Å². The number of amides is 1. The maximum Gasteiger partial charge on any atom is 0.343 e. The van der Waals surface area contributed by atoms with E-state index in [1.807, 2.05) is 6.92 Å². The van der Waals surface area contributed by atoms with Gasteiger partial charge in [-0.25, -0.2) is 10.2 Å². The van der Waals surface area contributed by atoms with Crippen LogP contribution in [0.4, 0.5) is 5.69 Å². The van der Waals surface area contributed by atoms with E-state index in [2.05, 4.69) is 10.5 Å². The Hall–Kier alpha value is -4.93. The minimum Gasteiger partial charge on any atom is -0.494 e. The molecular formula is C26H25N3O8. The molecule has 0 heterocycles. The first kappa shape index (κ1) is 26.7.